The third-order valence-corrected chi connectivity index (χ3v) is 3.67. The third-order valence-electron chi connectivity index (χ3n) is 3.67. The van der Waals surface area contributed by atoms with Crippen molar-refractivity contribution in [3.05, 3.63) is 59.7 Å². The van der Waals surface area contributed by atoms with Crippen LogP contribution in [0.3, 0.4) is 0 Å². The highest BCUT2D eigenvalue weighted by Gasteiger charge is 2.39. The average Bonchev–Trinajstić information content (AvgIpc) is 2.62. The van der Waals surface area contributed by atoms with Crippen molar-refractivity contribution in [3.8, 4) is 5.75 Å². The van der Waals surface area contributed by atoms with Gasteiger partial charge in [-0.1, -0.05) is 30.3 Å². The molecule has 132 valence electrons. The van der Waals surface area contributed by atoms with Gasteiger partial charge >= 0.3 is 5.97 Å². The second-order valence-corrected chi connectivity index (χ2v) is 5.37. The monoisotopic (exact) mass is 346 g/mol. The fourth-order valence-electron chi connectivity index (χ4n) is 2.27. The molecule has 0 radical (unpaired) electrons. The molecule has 1 unspecified atom stereocenters. The molecule has 7 heteroatoms. The topological polar surface area (TPSA) is 77.5 Å². The van der Waals surface area contributed by atoms with Crippen LogP contribution in [-0.2, 0) is 15.1 Å². The van der Waals surface area contributed by atoms with E-state index >= 15 is 0 Å². The van der Waals surface area contributed by atoms with Gasteiger partial charge in [0.05, 0.1) is 19.9 Å². The maximum absolute atomic E-state index is 14.1. The molecule has 1 aromatic carbocycles. The zero-order chi connectivity index (χ0) is 18.4. The number of halogens is 1. The second kappa shape index (κ2) is 7.74. The van der Waals surface area contributed by atoms with Crippen LogP contribution in [0.4, 0.5) is 4.39 Å². The number of benzene rings is 1. The molecular weight excluding hydrogens is 327 g/mol. The Morgan fingerprint density at radius 1 is 1.28 bits per heavy atom. The van der Waals surface area contributed by atoms with Crippen molar-refractivity contribution in [2.75, 3.05) is 13.7 Å². The Morgan fingerprint density at radius 3 is 2.52 bits per heavy atom. The van der Waals surface area contributed by atoms with E-state index in [4.69, 9.17) is 9.47 Å². The molecular formula is C18H19FN2O4. The summed E-state index contributed by atoms with van der Waals surface area (Å²) in [6.07, 6.45) is 1.22. The number of methoxy groups -OCH3 is 1. The van der Waals surface area contributed by atoms with Gasteiger partial charge in [-0.05, 0) is 19.4 Å². The summed E-state index contributed by atoms with van der Waals surface area (Å²) >= 11 is 0. The number of nitrogens with zero attached hydrogens (tertiary/aromatic N) is 1. The van der Waals surface area contributed by atoms with Crippen molar-refractivity contribution in [2.24, 2.45) is 0 Å². The maximum Gasteiger partial charge on any atom is 0.336 e. The number of esters is 1. The van der Waals surface area contributed by atoms with E-state index < -0.39 is 28.9 Å². The van der Waals surface area contributed by atoms with E-state index in [9.17, 15) is 14.0 Å². The number of carbonyl (C=O) groups is 2. The highest BCUT2D eigenvalue weighted by molar-refractivity contribution is 5.97. The van der Waals surface area contributed by atoms with Crippen LogP contribution in [-0.4, -0.2) is 30.6 Å². The molecule has 1 atom stereocenters. The summed E-state index contributed by atoms with van der Waals surface area (Å²) in [6.45, 7) is 3.31. The zero-order valence-electron chi connectivity index (χ0n) is 14.2. The van der Waals surface area contributed by atoms with Gasteiger partial charge in [-0.15, -0.1) is 0 Å². The van der Waals surface area contributed by atoms with Crippen molar-refractivity contribution in [1.82, 2.24) is 10.3 Å². The maximum atomic E-state index is 14.1. The number of rotatable bonds is 6. The van der Waals surface area contributed by atoms with Gasteiger partial charge < -0.3 is 14.8 Å². The molecule has 0 bridgehead atoms. The minimum absolute atomic E-state index is 0.145. The standard InChI is InChI=1S/C18H19FN2O4/c1-4-25-17(23)18(2,12-8-6-5-7-9-12)21-16(22)15-14(19)10-13(24-3)11-20-15/h5-11H,4H2,1-3H3,(H,21,22). The molecule has 1 heterocycles. The van der Waals surface area contributed by atoms with Crippen LogP contribution in [0, 0.1) is 5.82 Å². The minimum Gasteiger partial charge on any atom is -0.495 e. The van der Waals surface area contributed by atoms with Gasteiger partial charge in [-0.25, -0.2) is 14.2 Å². The molecule has 0 spiro atoms. The molecule has 0 aliphatic carbocycles. The Hall–Kier alpha value is -2.96. The van der Waals surface area contributed by atoms with Gasteiger partial charge in [-0.2, -0.15) is 0 Å². The number of carbonyl (C=O) groups excluding carboxylic acids is 2. The summed E-state index contributed by atoms with van der Waals surface area (Å²) in [6, 6.07) is 9.63. The van der Waals surface area contributed by atoms with Gasteiger partial charge in [0.2, 0.25) is 0 Å². The summed E-state index contributed by atoms with van der Waals surface area (Å²) in [5, 5.41) is 2.53. The van der Waals surface area contributed by atoms with Gasteiger partial charge in [0, 0.05) is 6.07 Å². The average molecular weight is 346 g/mol. The van der Waals surface area contributed by atoms with Crippen molar-refractivity contribution in [1.29, 1.82) is 0 Å². The van der Waals surface area contributed by atoms with Crippen LogP contribution in [0.1, 0.15) is 29.9 Å². The second-order valence-electron chi connectivity index (χ2n) is 5.37. The Balaban J connectivity index is 2.37. The molecule has 1 aromatic heterocycles. The first-order chi connectivity index (χ1) is 11.9. The summed E-state index contributed by atoms with van der Waals surface area (Å²) < 4.78 is 24.0. The number of pyridine rings is 1. The lowest BCUT2D eigenvalue weighted by Gasteiger charge is -2.28. The lowest BCUT2D eigenvalue weighted by Crippen LogP contribution is -2.50. The normalized spacial score (nSPS) is 12.8. The molecule has 0 fully saturated rings. The Morgan fingerprint density at radius 2 is 1.96 bits per heavy atom. The number of hydrogen-bond acceptors (Lipinski definition) is 5. The molecule has 2 aromatic rings. The Bertz CT molecular complexity index is 767. The van der Waals surface area contributed by atoms with Crippen LogP contribution < -0.4 is 10.1 Å². The van der Waals surface area contributed by atoms with E-state index in [1.807, 2.05) is 0 Å². The molecule has 25 heavy (non-hydrogen) atoms. The van der Waals surface area contributed by atoms with Gasteiger partial charge in [0.15, 0.2) is 17.1 Å². The third kappa shape index (κ3) is 3.93. The van der Waals surface area contributed by atoms with E-state index in [0.29, 0.717) is 5.56 Å². The highest BCUT2D eigenvalue weighted by Crippen LogP contribution is 2.24. The first kappa shape index (κ1) is 18.4. The van der Waals surface area contributed by atoms with E-state index in [1.54, 1.807) is 37.3 Å². The fourth-order valence-corrected chi connectivity index (χ4v) is 2.27. The Kier molecular flexibility index (Phi) is 5.69. The number of amides is 1. The number of hydrogen-bond donors (Lipinski definition) is 1. The largest absolute Gasteiger partial charge is 0.495 e. The number of ether oxygens (including phenoxy) is 2. The molecule has 1 amide bonds. The van der Waals surface area contributed by atoms with Gasteiger partial charge in [0.1, 0.15) is 5.75 Å². The van der Waals surface area contributed by atoms with E-state index in [1.165, 1.54) is 20.2 Å². The van der Waals surface area contributed by atoms with E-state index in [-0.39, 0.29) is 12.4 Å². The number of aromatic nitrogens is 1. The molecule has 0 aliphatic rings. The summed E-state index contributed by atoms with van der Waals surface area (Å²) in [5.41, 5.74) is -1.41. The molecule has 0 aliphatic heterocycles. The van der Waals surface area contributed by atoms with E-state index in [2.05, 4.69) is 10.3 Å². The quantitative estimate of drug-likeness (QED) is 0.813. The summed E-state index contributed by atoms with van der Waals surface area (Å²) in [5.74, 6) is -2.15. The SMILES string of the molecule is CCOC(=O)C(C)(NC(=O)c1ncc(OC)cc1F)c1ccccc1. The van der Waals surface area contributed by atoms with Crippen molar-refractivity contribution in [2.45, 2.75) is 19.4 Å². The van der Waals surface area contributed by atoms with Gasteiger partial charge in [-0.3, -0.25) is 4.79 Å². The molecule has 1 N–H and O–H groups in total. The van der Waals surface area contributed by atoms with Crippen LogP contribution in [0.25, 0.3) is 0 Å². The first-order valence-electron chi connectivity index (χ1n) is 7.67. The van der Waals surface area contributed by atoms with E-state index in [0.717, 1.165) is 6.07 Å². The smallest absolute Gasteiger partial charge is 0.336 e. The van der Waals surface area contributed by atoms with Crippen LogP contribution in [0.15, 0.2) is 42.6 Å². The number of nitrogens with one attached hydrogen (secondary N) is 1. The molecule has 0 saturated heterocycles. The highest BCUT2D eigenvalue weighted by atomic mass is 19.1. The van der Waals surface area contributed by atoms with Crippen molar-refractivity contribution in [3.63, 3.8) is 0 Å². The van der Waals surface area contributed by atoms with Crippen molar-refractivity contribution < 1.29 is 23.5 Å². The summed E-state index contributed by atoms with van der Waals surface area (Å²) in [4.78, 5) is 28.7. The van der Waals surface area contributed by atoms with Gasteiger partial charge in [0.25, 0.3) is 5.91 Å². The van der Waals surface area contributed by atoms with Crippen LogP contribution >= 0.6 is 0 Å². The lowest BCUT2D eigenvalue weighted by atomic mass is 9.91. The van der Waals surface area contributed by atoms with Crippen LogP contribution in [0.5, 0.6) is 5.75 Å². The van der Waals surface area contributed by atoms with Crippen molar-refractivity contribution >= 4 is 11.9 Å². The minimum atomic E-state index is -1.48. The summed E-state index contributed by atoms with van der Waals surface area (Å²) in [7, 11) is 1.36. The predicted octanol–water partition coefficient (Wildman–Crippen LogP) is 2.44. The zero-order valence-corrected chi connectivity index (χ0v) is 14.2. The fraction of sp³-hybridized carbons (Fsp3) is 0.278. The molecule has 2 rings (SSSR count). The Labute approximate surface area is 145 Å². The molecule has 6 nitrogen and oxygen atoms in total. The lowest BCUT2D eigenvalue weighted by molar-refractivity contribution is -0.150. The predicted molar refractivity (Wildman–Crippen MR) is 88.6 cm³/mol. The molecule has 0 saturated carbocycles. The van der Waals surface area contributed by atoms with Crippen LogP contribution in [0.2, 0.25) is 0 Å². The first-order valence-corrected chi connectivity index (χ1v) is 7.67.